The first kappa shape index (κ1) is 8.57. The van der Waals surface area contributed by atoms with Gasteiger partial charge < -0.3 is 9.31 Å². The second-order valence-corrected chi connectivity index (χ2v) is 2.80. The predicted octanol–water partition coefficient (Wildman–Crippen LogP) is 1.22. The molecule has 0 spiro atoms. The van der Waals surface area contributed by atoms with Crippen molar-refractivity contribution in [3.05, 3.63) is 0 Å². The van der Waals surface area contributed by atoms with Gasteiger partial charge in [-0.05, 0) is 6.42 Å². The molecule has 1 unspecified atom stereocenters. The molecule has 0 aliphatic carbocycles. The Bertz CT molecular complexity index is 151. The zero-order valence-electron chi connectivity index (χ0n) is 6.75. The Morgan fingerprint density at radius 1 is 1.55 bits per heavy atom. The summed E-state index contributed by atoms with van der Waals surface area (Å²) in [4.78, 5) is 0. The summed E-state index contributed by atoms with van der Waals surface area (Å²) in [6, 6.07) is 2.10. The molecule has 1 heterocycles. The molecule has 1 atom stereocenters. The van der Waals surface area contributed by atoms with Crippen LogP contribution >= 0.6 is 0 Å². The van der Waals surface area contributed by atoms with Gasteiger partial charge in [-0.15, -0.1) is 0 Å². The van der Waals surface area contributed by atoms with Gasteiger partial charge in [-0.3, -0.25) is 0 Å². The van der Waals surface area contributed by atoms with Crippen molar-refractivity contribution in [1.29, 1.82) is 5.26 Å². The molecule has 1 aliphatic rings. The van der Waals surface area contributed by atoms with Crippen LogP contribution in [0.25, 0.3) is 0 Å². The number of rotatable bonds is 2. The van der Waals surface area contributed by atoms with Crippen LogP contribution in [0, 0.1) is 11.3 Å². The van der Waals surface area contributed by atoms with Crippen molar-refractivity contribution in [3.8, 4) is 6.07 Å². The van der Waals surface area contributed by atoms with Crippen molar-refractivity contribution in [2.24, 2.45) is 0 Å². The molecule has 0 aromatic heterocycles. The molecular weight excluding hydrogens is 141 g/mol. The number of nitriles is 1. The van der Waals surface area contributed by atoms with Crippen molar-refractivity contribution in [2.45, 2.75) is 25.6 Å². The topological polar surface area (TPSA) is 42.2 Å². The lowest BCUT2D eigenvalue weighted by atomic mass is 9.71. The minimum Gasteiger partial charge on any atom is -0.411 e. The fourth-order valence-electron chi connectivity index (χ4n) is 1.07. The van der Waals surface area contributed by atoms with Crippen molar-refractivity contribution < 1.29 is 9.31 Å². The average molecular weight is 153 g/mol. The quantitative estimate of drug-likeness (QED) is 0.560. The average Bonchev–Trinajstić information content (AvgIpc) is 2.07. The van der Waals surface area contributed by atoms with Gasteiger partial charge >= 0.3 is 7.12 Å². The molecule has 0 aromatic carbocycles. The molecule has 0 amide bonds. The van der Waals surface area contributed by atoms with Crippen LogP contribution in [0.1, 0.15) is 19.8 Å². The molecule has 1 aliphatic heterocycles. The van der Waals surface area contributed by atoms with Crippen LogP contribution in [-0.4, -0.2) is 20.3 Å². The zero-order valence-corrected chi connectivity index (χ0v) is 6.75. The first-order chi connectivity index (χ1) is 5.34. The van der Waals surface area contributed by atoms with E-state index in [1.54, 1.807) is 0 Å². The molecule has 0 N–H and O–H groups in total. The third-order valence-electron chi connectivity index (χ3n) is 1.73. The van der Waals surface area contributed by atoms with Crippen LogP contribution in [0.3, 0.4) is 0 Å². The Balaban J connectivity index is 2.27. The number of hydrogen-bond donors (Lipinski definition) is 0. The van der Waals surface area contributed by atoms with Crippen LogP contribution < -0.4 is 0 Å². The highest BCUT2D eigenvalue weighted by atomic mass is 16.6. The van der Waals surface area contributed by atoms with E-state index in [4.69, 9.17) is 14.6 Å². The summed E-state index contributed by atoms with van der Waals surface area (Å²) in [5.41, 5.74) is 0. The van der Waals surface area contributed by atoms with E-state index in [0.29, 0.717) is 6.42 Å². The van der Waals surface area contributed by atoms with Crippen LogP contribution in [0.4, 0.5) is 0 Å². The molecule has 1 rings (SSSR count). The van der Waals surface area contributed by atoms with Crippen molar-refractivity contribution in [3.63, 3.8) is 0 Å². The summed E-state index contributed by atoms with van der Waals surface area (Å²) in [6.45, 7) is 3.50. The van der Waals surface area contributed by atoms with Gasteiger partial charge in [-0.1, -0.05) is 6.92 Å². The molecule has 60 valence electrons. The second-order valence-electron chi connectivity index (χ2n) is 2.80. The summed E-state index contributed by atoms with van der Waals surface area (Å²) < 4.78 is 10.6. The van der Waals surface area contributed by atoms with Gasteiger partial charge in [0.1, 0.15) is 0 Å². The molecule has 11 heavy (non-hydrogen) atoms. The van der Waals surface area contributed by atoms with Crippen molar-refractivity contribution in [2.75, 3.05) is 13.2 Å². The third kappa shape index (κ3) is 2.53. The van der Waals surface area contributed by atoms with E-state index in [2.05, 4.69) is 6.07 Å². The summed E-state index contributed by atoms with van der Waals surface area (Å²) in [5.74, 6) is 0.195. The maximum Gasteiger partial charge on any atom is 0.460 e. The Labute approximate surface area is 67.4 Å². The summed E-state index contributed by atoms with van der Waals surface area (Å²) in [7, 11) is -0.150. The maximum absolute atomic E-state index is 8.41. The second kappa shape index (κ2) is 4.37. The fourth-order valence-corrected chi connectivity index (χ4v) is 1.07. The lowest BCUT2D eigenvalue weighted by Gasteiger charge is -2.22. The van der Waals surface area contributed by atoms with Crippen LogP contribution in [0.2, 0.25) is 5.82 Å². The molecule has 1 fully saturated rings. The molecule has 1 saturated heterocycles. The molecule has 0 radical (unpaired) electrons. The largest absolute Gasteiger partial charge is 0.460 e. The van der Waals surface area contributed by atoms with Gasteiger partial charge in [-0.25, -0.2) is 0 Å². The lowest BCUT2D eigenvalue weighted by molar-refractivity contribution is 0.128. The van der Waals surface area contributed by atoms with Gasteiger partial charge in [0.05, 0.1) is 6.07 Å². The van der Waals surface area contributed by atoms with E-state index in [9.17, 15) is 0 Å². The van der Waals surface area contributed by atoms with E-state index in [1.165, 1.54) is 0 Å². The van der Waals surface area contributed by atoms with Gasteiger partial charge in [0.2, 0.25) is 0 Å². The highest BCUT2D eigenvalue weighted by Gasteiger charge is 2.28. The standard InChI is InChI=1S/C7H12BNO2/c1-7(3-4-9)8-10-5-2-6-11-8/h7H,2-3,5-6H2,1H3. The molecule has 0 bridgehead atoms. The minimum absolute atomic E-state index is 0.150. The SMILES string of the molecule is CC(CC#N)B1OCCCO1. The molecule has 0 aromatic rings. The van der Waals surface area contributed by atoms with Crippen molar-refractivity contribution >= 4 is 7.12 Å². The van der Waals surface area contributed by atoms with Crippen molar-refractivity contribution in [1.82, 2.24) is 0 Å². The smallest absolute Gasteiger partial charge is 0.411 e. The molecule has 3 nitrogen and oxygen atoms in total. The van der Waals surface area contributed by atoms with E-state index >= 15 is 0 Å². The third-order valence-corrected chi connectivity index (χ3v) is 1.73. The molecular formula is C7H12BNO2. The van der Waals surface area contributed by atoms with Gasteiger partial charge in [0.25, 0.3) is 0 Å². The van der Waals surface area contributed by atoms with Gasteiger partial charge in [0, 0.05) is 25.5 Å². The van der Waals surface area contributed by atoms with Gasteiger partial charge in [-0.2, -0.15) is 5.26 Å². The fraction of sp³-hybridized carbons (Fsp3) is 0.857. The van der Waals surface area contributed by atoms with Crippen LogP contribution in [0.15, 0.2) is 0 Å². The summed E-state index contributed by atoms with van der Waals surface area (Å²) in [6.07, 6.45) is 1.47. The normalized spacial score (nSPS) is 20.9. The Morgan fingerprint density at radius 2 is 2.18 bits per heavy atom. The zero-order chi connectivity index (χ0) is 8.10. The summed E-state index contributed by atoms with van der Waals surface area (Å²) in [5, 5.41) is 8.41. The number of hydrogen-bond acceptors (Lipinski definition) is 3. The number of nitrogens with zero attached hydrogens (tertiary/aromatic N) is 1. The minimum atomic E-state index is -0.150. The molecule has 0 saturated carbocycles. The Morgan fingerprint density at radius 3 is 2.73 bits per heavy atom. The van der Waals surface area contributed by atoms with E-state index in [1.807, 2.05) is 6.92 Å². The van der Waals surface area contributed by atoms with Crippen LogP contribution in [-0.2, 0) is 9.31 Å². The highest BCUT2D eigenvalue weighted by molar-refractivity contribution is 6.46. The summed E-state index contributed by atoms with van der Waals surface area (Å²) >= 11 is 0. The van der Waals surface area contributed by atoms with Crippen LogP contribution in [0.5, 0.6) is 0 Å². The lowest BCUT2D eigenvalue weighted by Crippen LogP contribution is -2.33. The van der Waals surface area contributed by atoms with E-state index in [-0.39, 0.29) is 12.9 Å². The Kier molecular flexibility index (Phi) is 3.41. The van der Waals surface area contributed by atoms with E-state index < -0.39 is 0 Å². The predicted molar refractivity (Wildman–Crippen MR) is 41.9 cm³/mol. The van der Waals surface area contributed by atoms with Gasteiger partial charge in [0.15, 0.2) is 0 Å². The Hall–Kier alpha value is -0.525. The molecule has 4 heteroatoms. The van der Waals surface area contributed by atoms with E-state index in [0.717, 1.165) is 19.6 Å². The maximum atomic E-state index is 8.41. The highest BCUT2D eigenvalue weighted by Crippen LogP contribution is 2.18. The monoisotopic (exact) mass is 153 g/mol. The first-order valence-corrected chi connectivity index (χ1v) is 3.94. The first-order valence-electron chi connectivity index (χ1n) is 3.94.